The van der Waals surface area contributed by atoms with Crippen molar-refractivity contribution in [3.8, 4) is 0 Å². The third kappa shape index (κ3) is 2.01. The highest BCUT2D eigenvalue weighted by molar-refractivity contribution is 5.85. The fourth-order valence-corrected chi connectivity index (χ4v) is 1.32. The molecule has 1 amide bonds. The zero-order valence-electron chi connectivity index (χ0n) is 7.33. The summed E-state index contributed by atoms with van der Waals surface area (Å²) in [6.07, 6.45) is 0.0479. The largest absolute Gasteiger partial charge is 0.465 e. The molecule has 4 nitrogen and oxygen atoms in total. The van der Waals surface area contributed by atoms with Crippen LogP contribution >= 0.6 is 12.4 Å². The van der Waals surface area contributed by atoms with Crippen LogP contribution < -0.4 is 5.32 Å². The number of likely N-dealkylation sites (N-methyl/N-ethyl adjacent to an activating group) is 1. The third-order valence-corrected chi connectivity index (χ3v) is 2.44. The molecule has 1 saturated heterocycles. The summed E-state index contributed by atoms with van der Waals surface area (Å²) in [6.45, 7) is 3.63. The predicted octanol–water partition coefficient (Wildman–Crippen LogP) is 0.770. The van der Waals surface area contributed by atoms with E-state index >= 15 is 0 Å². The molecule has 0 aromatic heterocycles. The first-order valence-corrected chi connectivity index (χ1v) is 3.74. The summed E-state index contributed by atoms with van der Waals surface area (Å²) in [4.78, 5) is 12.0. The molecule has 0 aliphatic carbocycles. The highest BCUT2D eigenvalue weighted by Crippen LogP contribution is 2.20. The number of nitrogens with zero attached hydrogens (tertiary/aromatic N) is 1. The van der Waals surface area contributed by atoms with Gasteiger partial charge in [0.1, 0.15) is 0 Å². The molecule has 0 aromatic carbocycles. The Kier molecular flexibility index (Phi) is 3.80. The first kappa shape index (κ1) is 11.5. The molecule has 1 rings (SSSR count). The van der Waals surface area contributed by atoms with Crippen molar-refractivity contribution in [2.24, 2.45) is 0 Å². The van der Waals surface area contributed by atoms with Crippen LogP contribution in [0.5, 0.6) is 0 Å². The van der Waals surface area contributed by atoms with Gasteiger partial charge in [-0.05, 0) is 19.9 Å². The molecule has 0 saturated carbocycles. The summed E-state index contributed by atoms with van der Waals surface area (Å²) in [7, 11) is 1.62. The van der Waals surface area contributed by atoms with Gasteiger partial charge in [0.05, 0.1) is 5.54 Å². The van der Waals surface area contributed by atoms with Gasteiger partial charge in [0.25, 0.3) is 0 Å². The van der Waals surface area contributed by atoms with Gasteiger partial charge in [-0.25, -0.2) is 4.79 Å². The summed E-state index contributed by atoms with van der Waals surface area (Å²) in [5.74, 6) is 0. The van der Waals surface area contributed by atoms with E-state index in [0.29, 0.717) is 0 Å². The maximum atomic E-state index is 10.6. The standard InChI is InChI=1S/C7H14N2O2.ClH/c1-7(3-4-8-5-7)9(2)6(10)11;/h8H,3-5H2,1-2H3,(H,10,11);1H. The van der Waals surface area contributed by atoms with Crippen molar-refractivity contribution < 1.29 is 9.90 Å². The van der Waals surface area contributed by atoms with E-state index < -0.39 is 6.09 Å². The molecule has 1 aliphatic rings. The van der Waals surface area contributed by atoms with Crippen LogP contribution in [0.4, 0.5) is 4.79 Å². The van der Waals surface area contributed by atoms with Crippen molar-refractivity contribution in [1.82, 2.24) is 10.2 Å². The van der Waals surface area contributed by atoms with Crippen molar-refractivity contribution in [2.45, 2.75) is 18.9 Å². The van der Waals surface area contributed by atoms with E-state index in [-0.39, 0.29) is 17.9 Å². The van der Waals surface area contributed by atoms with Gasteiger partial charge >= 0.3 is 6.09 Å². The molecule has 0 spiro atoms. The van der Waals surface area contributed by atoms with Gasteiger partial charge < -0.3 is 15.3 Å². The van der Waals surface area contributed by atoms with Gasteiger partial charge in [-0.1, -0.05) is 0 Å². The second kappa shape index (κ2) is 3.96. The SMILES string of the molecule is CN(C(=O)O)C1(C)CCNC1.Cl. The Morgan fingerprint density at radius 3 is 2.58 bits per heavy atom. The molecule has 1 fully saturated rings. The molecule has 1 heterocycles. The number of carboxylic acid groups (broad SMARTS) is 1. The third-order valence-electron chi connectivity index (χ3n) is 2.44. The van der Waals surface area contributed by atoms with E-state index in [9.17, 15) is 4.79 Å². The second-order valence-electron chi connectivity index (χ2n) is 3.27. The molecule has 0 radical (unpaired) electrons. The number of nitrogens with one attached hydrogen (secondary N) is 1. The van der Waals surface area contributed by atoms with E-state index in [1.165, 1.54) is 4.90 Å². The average Bonchev–Trinajstić information content (AvgIpc) is 2.35. The monoisotopic (exact) mass is 194 g/mol. The topological polar surface area (TPSA) is 52.6 Å². The number of carbonyl (C=O) groups is 1. The van der Waals surface area contributed by atoms with Crippen LogP contribution in [-0.4, -0.2) is 41.8 Å². The Labute approximate surface area is 78.3 Å². The normalized spacial score (nSPS) is 27.8. The minimum atomic E-state index is -0.851. The Hall–Kier alpha value is -0.480. The number of hydrogen-bond donors (Lipinski definition) is 2. The van der Waals surface area contributed by atoms with Gasteiger partial charge in [-0.2, -0.15) is 0 Å². The predicted molar refractivity (Wildman–Crippen MR) is 48.9 cm³/mol. The highest BCUT2D eigenvalue weighted by atomic mass is 35.5. The smallest absolute Gasteiger partial charge is 0.407 e. The van der Waals surface area contributed by atoms with Gasteiger partial charge in [0.15, 0.2) is 0 Å². The lowest BCUT2D eigenvalue weighted by Crippen LogP contribution is -2.48. The van der Waals surface area contributed by atoms with Crippen LogP contribution in [0.15, 0.2) is 0 Å². The molecule has 1 unspecified atom stereocenters. The van der Waals surface area contributed by atoms with Crippen LogP contribution in [0.3, 0.4) is 0 Å². The molecule has 2 N–H and O–H groups in total. The molecule has 0 bridgehead atoms. The van der Waals surface area contributed by atoms with Gasteiger partial charge in [-0.15, -0.1) is 12.4 Å². The Morgan fingerprint density at radius 1 is 1.67 bits per heavy atom. The van der Waals surface area contributed by atoms with E-state index in [2.05, 4.69) is 5.32 Å². The van der Waals surface area contributed by atoms with Crippen molar-refractivity contribution in [1.29, 1.82) is 0 Å². The zero-order valence-corrected chi connectivity index (χ0v) is 8.15. The Morgan fingerprint density at radius 2 is 2.25 bits per heavy atom. The summed E-state index contributed by atoms with van der Waals surface area (Å²) >= 11 is 0. The molecule has 0 aromatic rings. The molecular formula is C7H15ClN2O2. The summed E-state index contributed by atoms with van der Waals surface area (Å²) in [5, 5.41) is 11.8. The molecule has 1 atom stereocenters. The first-order valence-electron chi connectivity index (χ1n) is 3.74. The second-order valence-corrected chi connectivity index (χ2v) is 3.27. The summed E-state index contributed by atoms with van der Waals surface area (Å²) in [6, 6.07) is 0. The zero-order chi connectivity index (χ0) is 8.48. The highest BCUT2D eigenvalue weighted by Gasteiger charge is 2.35. The molecule has 5 heteroatoms. The van der Waals surface area contributed by atoms with Crippen molar-refractivity contribution in [3.05, 3.63) is 0 Å². The molecule has 72 valence electrons. The number of hydrogen-bond acceptors (Lipinski definition) is 2. The van der Waals surface area contributed by atoms with Crippen LogP contribution in [0.2, 0.25) is 0 Å². The van der Waals surface area contributed by atoms with Crippen LogP contribution in [-0.2, 0) is 0 Å². The maximum absolute atomic E-state index is 10.6. The lowest BCUT2D eigenvalue weighted by molar-refractivity contribution is 0.110. The fraction of sp³-hybridized carbons (Fsp3) is 0.857. The summed E-state index contributed by atoms with van der Waals surface area (Å²) < 4.78 is 0. The number of halogens is 1. The minimum Gasteiger partial charge on any atom is -0.465 e. The lowest BCUT2D eigenvalue weighted by atomic mass is 10.0. The van der Waals surface area contributed by atoms with Gasteiger partial charge in [0.2, 0.25) is 0 Å². The van der Waals surface area contributed by atoms with Crippen LogP contribution in [0, 0.1) is 0 Å². The van der Waals surface area contributed by atoms with Crippen LogP contribution in [0.25, 0.3) is 0 Å². The lowest BCUT2D eigenvalue weighted by Gasteiger charge is -2.32. The van der Waals surface area contributed by atoms with E-state index in [1.807, 2.05) is 6.92 Å². The first-order chi connectivity index (χ1) is 5.06. The summed E-state index contributed by atoms with van der Waals surface area (Å²) in [5.41, 5.74) is -0.203. The van der Waals surface area contributed by atoms with Crippen molar-refractivity contribution >= 4 is 18.5 Å². The number of rotatable bonds is 1. The van der Waals surface area contributed by atoms with E-state index in [1.54, 1.807) is 7.05 Å². The van der Waals surface area contributed by atoms with Crippen molar-refractivity contribution in [2.75, 3.05) is 20.1 Å². The molecular weight excluding hydrogens is 180 g/mol. The fourth-order valence-electron chi connectivity index (χ4n) is 1.32. The average molecular weight is 195 g/mol. The molecule has 12 heavy (non-hydrogen) atoms. The molecule has 1 aliphatic heterocycles. The Bertz CT molecular complexity index is 169. The van der Waals surface area contributed by atoms with Gasteiger partial charge in [0, 0.05) is 13.6 Å². The quantitative estimate of drug-likeness (QED) is 0.649. The van der Waals surface area contributed by atoms with Crippen molar-refractivity contribution in [3.63, 3.8) is 0 Å². The van der Waals surface area contributed by atoms with Crippen LogP contribution in [0.1, 0.15) is 13.3 Å². The van der Waals surface area contributed by atoms with E-state index in [0.717, 1.165) is 19.5 Å². The number of amides is 1. The minimum absolute atomic E-state index is 0. The van der Waals surface area contributed by atoms with Gasteiger partial charge in [-0.3, -0.25) is 0 Å². The Balaban J connectivity index is 0.00000121. The van der Waals surface area contributed by atoms with E-state index in [4.69, 9.17) is 5.11 Å². The maximum Gasteiger partial charge on any atom is 0.407 e.